The number of nitrogens with one attached hydrogen (secondary N) is 1. The number of nitrogens with zero attached hydrogens (tertiary/aromatic N) is 3. The van der Waals surface area contributed by atoms with Gasteiger partial charge in [0.1, 0.15) is 0 Å². The smallest absolute Gasteiger partial charge is 0.222 e. The lowest BCUT2D eigenvalue weighted by Crippen LogP contribution is -2.41. The lowest BCUT2D eigenvalue weighted by molar-refractivity contribution is -0.133. The Labute approximate surface area is 151 Å². The minimum atomic E-state index is 0. The van der Waals surface area contributed by atoms with Crippen LogP contribution < -0.4 is 5.32 Å². The van der Waals surface area contributed by atoms with Gasteiger partial charge in [0.05, 0.1) is 6.04 Å². The summed E-state index contributed by atoms with van der Waals surface area (Å²) in [6.45, 7) is 3.98. The number of piperidine rings is 2. The van der Waals surface area contributed by atoms with Gasteiger partial charge in [-0.05, 0) is 57.2 Å². The molecular formula is C16H28Cl2N4O. The van der Waals surface area contributed by atoms with E-state index in [4.69, 9.17) is 0 Å². The van der Waals surface area contributed by atoms with E-state index in [0.29, 0.717) is 11.9 Å². The van der Waals surface area contributed by atoms with Crippen LogP contribution in [-0.2, 0) is 4.79 Å². The van der Waals surface area contributed by atoms with E-state index in [2.05, 4.69) is 15.3 Å². The molecule has 0 radical (unpaired) electrons. The molecule has 5 nitrogen and oxygen atoms in total. The number of carbonyl (C=O) groups excluding carboxylic acids is 1. The van der Waals surface area contributed by atoms with Gasteiger partial charge < -0.3 is 10.2 Å². The normalized spacial score (nSPS) is 22.1. The van der Waals surface area contributed by atoms with Crippen LogP contribution in [0.3, 0.4) is 0 Å². The van der Waals surface area contributed by atoms with Gasteiger partial charge in [-0.2, -0.15) is 5.10 Å². The maximum Gasteiger partial charge on any atom is 0.222 e. The van der Waals surface area contributed by atoms with E-state index in [1.54, 1.807) is 0 Å². The van der Waals surface area contributed by atoms with Gasteiger partial charge in [-0.1, -0.05) is 0 Å². The van der Waals surface area contributed by atoms with Crippen molar-refractivity contribution in [3.63, 3.8) is 0 Å². The average molecular weight is 363 g/mol. The quantitative estimate of drug-likeness (QED) is 0.895. The summed E-state index contributed by atoms with van der Waals surface area (Å²) in [6, 6.07) is 2.31. The van der Waals surface area contributed by atoms with E-state index >= 15 is 0 Å². The molecule has 23 heavy (non-hydrogen) atoms. The van der Waals surface area contributed by atoms with Gasteiger partial charge >= 0.3 is 0 Å². The Morgan fingerprint density at radius 1 is 1.22 bits per heavy atom. The van der Waals surface area contributed by atoms with Crippen LogP contribution in [0.1, 0.15) is 44.6 Å². The van der Waals surface area contributed by atoms with Crippen molar-refractivity contribution in [2.75, 3.05) is 26.2 Å². The van der Waals surface area contributed by atoms with Crippen molar-refractivity contribution in [2.24, 2.45) is 5.92 Å². The number of likely N-dealkylation sites (tertiary alicyclic amines) is 1. The Morgan fingerprint density at radius 3 is 2.70 bits per heavy atom. The van der Waals surface area contributed by atoms with Crippen molar-refractivity contribution in [1.29, 1.82) is 0 Å². The Bertz CT molecular complexity index is 449. The zero-order valence-electron chi connectivity index (χ0n) is 13.5. The van der Waals surface area contributed by atoms with Crippen LogP contribution in [-0.4, -0.2) is 46.8 Å². The number of amides is 1. The first kappa shape index (κ1) is 20.3. The molecule has 1 aromatic rings. The molecule has 1 aromatic heterocycles. The molecule has 7 heteroatoms. The number of rotatable bonds is 4. The molecule has 2 aliphatic heterocycles. The lowest BCUT2D eigenvalue weighted by atomic mass is 9.93. The van der Waals surface area contributed by atoms with Crippen LogP contribution in [0.15, 0.2) is 18.5 Å². The number of hydrogen-bond donors (Lipinski definition) is 1. The zero-order valence-corrected chi connectivity index (χ0v) is 15.2. The molecule has 0 spiro atoms. The van der Waals surface area contributed by atoms with Crippen molar-refractivity contribution in [1.82, 2.24) is 20.0 Å². The van der Waals surface area contributed by atoms with Crippen molar-refractivity contribution < 1.29 is 4.79 Å². The summed E-state index contributed by atoms with van der Waals surface area (Å²) < 4.78 is 2.01. The van der Waals surface area contributed by atoms with Crippen molar-refractivity contribution in [3.8, 4) is 0 Å². The average Bonchev–Trinajstić information content (AvgIpc) is 3.08. The molecule has 1 atom stereocenters. The molecule has 0 aromatic carbocycles. The second kappa shape index (κ2) is 10.2. The molecule has 2 fully saturated rings. The second-order valence-corrected chi connectivity index (χ2v) is 6.35. The zero-order chi connectivity index (χ0) is 14.5. The van der Waals surface area contributed by atoms with Gasteiger partial charge in [0.2, 0.25) is 5.91 Å². The van der Waals surface area contributed by atoms with Crippen LogP contribution in [0.25, 0.3) is 0 Å². The third-order valence-corrected chi connectivity index (χ3v) is 4.87. The number of hydrogen-bond acceptors (Lipinski definition) is 3. The van der Waals surface area contributed by atoms with Gasteiger partial charge in [-0.3, -0.25) is 9.48 Å². The molecule has 2 aliphatic rings. The van der Waals surface area contributed by atoms with Crippen LogP contribution in [0, 0.1) is 5.92 Å². The molecule has 1 amide bonds. The fourth-order valence-electron chi connectivity index (χ4n) is 3.55. The maximum absolute atomic E-state index is 12.4. The minimum absolute atomic E-state index is 0. The summed E-state index contributed by atoms with van der Waals surface area (Å²) in [7, 11) is 0. The van der Waals surface area contributed by atoms with Crippen LogP contribution in [0.4, 0.5) is 0 Å². The molecule has 3 rings (SSSR count). The van der Waals surface area contributed by atoms with Gasteiger partial charge in [-0.25, -0.2) is 0 Å². The van der Waals surface area contributed by atoms with Crippen LogP contribution in [0.5, 0.6) is 0 Å². The predicted molar refractivity (Wildman–Crippen MR) is 96.4 cm³/mol. The molecule has 3 heterocycles. The topological polar surface area (TPSA) is 50.2 Å². The molecular weight excluding hydrogens is 335 g/mol. The predicted octanol–water partition coefficient (Wildman–Crippen LogP) is 2.67. The molecule has 132 valence electrons. The van der Waals surface area contributed by atoms with E-state index in [0.717, 1.165) is 57.8 Å². The highest BCUT2D eigenvalue weighted by Crippen LogP contribution is 2.23. The molecule has 2 saturated heterocycles. The monoisotopic (exact) mass is 362 g/mol. The Balaban J connectivity index is 0.00000132. The first-order chi connectivity index (χ1) is 10.3. The highest BCUT2D eigenvalue weighted by atomic mass is 35.5. The largest absolute Gasteiger partial charge is 0.341 e. The van der Waals surface area contributed by atoms with Gasteiger partial charge in [0, 0.05) is 31.9 Å². The van der Waals surface area contributed by atoms with Crippen LogP contribution in [0.2, 0.25) is 0 Å². The van der Waals surface area contributed by atoms with Crippen molar-refractivity contribution in [3.05, 3.63) is 18.5 Å². The van der Waals surface area contributed by atoms with Gasteiger partial charge in [-0.15, -0.1) is 24.8 Å². The highest BCUT2D eigenvalue weighted by molar-refractivity contribution is 5.85. The van der Waals surface area contributed by atoms with E-state index < -0.39 is 0 Å². The Hall–Kier alpha value is -0.780. The Morgan fingerprint density at radius 2 is 2.00 bits per heavy atom. The Kier molecular flexibility index (Phi) is 8.95. The fourth-order valence-corrected chi connectivity index (χ4v) is 3.55. The van der Waals surface area contributed by atoms with E-state index in [1.807, 2.05) is 23.1 Å². The first-order valence-corrected chi connectivity index (χ1v) is 8.30. The summed E-state index contributed by atoms with van der Waals surface area (Å²) in [5.74, 6) is 1.08. The second-order valence-electron chi connectivity index (χ2n) is 6.35. The summed E-state index contributed by atoms with van der Waals surface area (Å²) in [5, 5.41) is 7.71. The summed E-state index contributed by atoms with van der Waals surface area (Å²) >= 11 is 0. The number of aromatic nitrogens is 2. The molecule has 1 N–H and O–H groups in total. The van der Waals surface area contributed by atoms with Gasteiger partial charge in [0.15, 0.2) is 0 Å². The fraction of sp³-hybridized carbons (Fsp3) is 0.750. The van der Waals surface area contributed by atoms with E-state index in [9.17, 15) is 4.79 Å². The van der Waals surface area contributed by atoms with E-state index in [-0.39, 0.29) is 24.8 Å². The molecule has 1 unspecified atom stereocenters. The highest BCUT2D eigenvalue weighted by Gasteiger charge is 2.25. The third kappa shape index (κ3) is 5.66. The number of halogens is 2. The third-order valence-electron chi connectivity index (χ3n) is 4.87. The van der Waals surface area contributed by atoms with Crippen LogP contribution >= 0.6 is 24.8 Å². The molecule has 0 saturated carbocycles. The lowest BCUT2D eigenvalue weighted by Gasteiger charge is -2.33. The summed E-state index contributed by atoms with van der Waals surface area (Å²) in [4.78, 5) is 14.5. The van der Waals surface area contributed by atoms with E-state index in [1.165, 1.54) is 12.8 Å². The summed E-state index contributed by atoms with van der Waals surface area (Å²) in [5.41, 5.74) is 0. The minimum Gasteiger partial charge on any atom is -0.341 e. The summed E-state index contributed by atoms with van der Waals surface area (Å²) in [6.07, 6.45) is 10.3. The van der Waals surface area contributed by atoms with Gasteiger partial charge in [0.25, 0.3) is 0 Å². The molecule has 0 aliphatic carbocycles. The van der Waals surface area contributed by atoms with Crippen molar-refractivity contribution >= 4 is 30.7 Å². The number of carbonyl (C=O) groups is 1. The maximum atomic E-state index is 12.4. The molecule has 0 bridgehead atoms. The SMILES string of the molecule is Cl.Cl.O=C(CCC1CCNCC1)N1CCCC(n2cccn2)C1. The standard InChI is InChI=1S/C16H26N4O.2ClH/c21-16(5-4-14-6-9-17-10-7-14)19-11-1-3-15(13-19)20-12-2-8-18-20;;/h2,8,12,14-15,17H,1,3-7,9-11,13H2;2*1H. The van der Waals surface area contributed by atoms with Crippen molar-refractivity contribution in [2.45, 2.75) is 44.6 Å². The first-order valence-electron chi connectivity index (χ1n) is 8.30.